The molecule has 0 bridgehead atoms. The van der Waals surface area contributed by atoms with E-state index in [1.54, 1.807) is 0 Å². The molecule has 1 atom stereocenters. The van der Waals surface area contributed by atoms with Gasteiger partial charge in [-0.3, -0.25) is 0 Å². The quantitative estimate of drug-likeness (QED) is 0.858. The molecule has 18 heavy (non-hydrogen) atoms. The zero-order chi connectivity index (χ0) is 13.0. The summed E-state index contributed by atoms with van der Waals surface area (Å²) in [5, 5.41) is 16.1. The number of para-hydroxylation sites is 1. The first-order valence-corrected chi connectivity index (χ1v) is 6.59. The predicted molar refractivity (Wildman–Crippen MR) is 74.6 cm³/mol. The molecule has 1 saturated heterocycles. The first-order chi connectivity index (χ1) is 8.64. The number of aryl methyl sites for hydroxylation is 1. The maximum absolute atomic E-state index is 9.14. The van der Waals surface area contributed by atoms with E-state index in [1.807, 2.05) is 25.1 Å². The largest absolute Gasteiger partial charge is 0.383 e. The molecule has 3 heteroatoms. The minimum atomic E-state index is 0.285. The van der Waals surface area contributed by atoms with E-state index >= 15 is 0 Å². The lowest BCUT2D eigenvalue weighted by Crippen LogP contribution is -2.42. The minimum Gasteiger partial charge on any atom is -0.383 e. The summed E-state index contributed by atoms with van der Waals surface area (Å²) in [6.45, 7) is 7.44. The van der Waals surface area contributed by atoms with Gasteiger partial charge in [0.1, 0.15) is 6.07 Å². The van der Waals surface area contributed by atoms with Crippen molar-refractivity contribution in [2.45, 2.75) is 26.7 Å². The van der Waals surface area contributed by atoms with Crippen LogP contribution in [0.5, 0.6) is 0 Å². The number of nitriles is 1. The van der Waals surface area contributed by atoms with Crippen LogP contribution in [0.3, 0.4) is 0 Å². The molecule has 1 unspecified atom stereocenters. The molecule has 1 aromatic rings. The van der Waals surface area contributed by atoms with Crippen molar-refractivity contribution in [3.8, 4) is 6.07 Å². The van der Waals surface area contributed by atoms with Crippen molar-refractivity contribution in [2.24, 2.45) is 5.41 Å². The lowest BCUT2D eigenvalue weighted by Gasteiger charge is -2.34. The summed E-state index contributed by atoms with van der Waals surface area (Å²) in [5.41, 5.74) is 3.16. The van der Waals surface area contributed by atoms with Gasteiger partial charge in [0.15, 0.2) is 0 Å². The molecule has 0 aliphatic carbocycles. The van der Waals surface area contributed by atoms with E-state index in [0.717, 1.165) is 36.4 Å². The molecule has 0 saturated carbocycles. The van der Waals surface area contributed by atoms with Gasteiger partial charge in [0, 0.05) is 13.1 Å². The number of rotatable bonds is 3. The van der Waals surface area contributed by atoms with Gasteiger partial charge in [0.25, 0.3) is 0 Å². The molecule has 0 amide bonds. The molecule has 1 fully saturated rings. The molecule has 0 radical (unpaired) electrons. The van der Waals surface area contributed by atoms with Gasteiger partial charge in [-0.05, 0) is 43.4 Å². The summed E-state index contributed by atoms with van der Waals surface area (Å²) in [4.78, 5) is 0. The van der Waals surface area contributed by atoms with Crippen LogP contribution in [0.4, 0.5) is 5.69 Å². The summed E-state index contributed by atoms with van der Waals surface area (Å²) in [6, 6.07) is 8.11. The summed E-state index contributed by atoms with van der Waals surface area (Å²) in [7, 11) is 0. The second-order valence-electron chi connectivity index (χ2n) is 5.55. The molecule has 1 aliphatic heterocycles. The SMILES string of the molecule is Cc1cccc(C#N)c1NCC1(C)CCCNC1. The summed E-state index contributed by atoms with van der Waals surface area (Å²) < 4.78 is 0. The highest BCUT2D eigenvalue weighted by molar-refractivity contribution is 5.62. The molecule has 0 spiro atoms. The Hall–Kier alpha value is -1.53. The topological polar surface area (TPSA) is 47.9 Å². The van der Waals surface area contributed by atoms with Crippen molar-refractivity contribution in [1.29, 1.82) is 5.26 Å². The van der Waals surface area contributed by atoms with Gasteiger partial charge in [-0.1, -0.05) is 19.1 Å². The maximum atomic E-state index is 9.14. The van der Waals surface area contributed by atoms with Crippen LogP contribution in [0.25, 0.3) is 0 Å². The Balaban J connectivity index is 2.08. The lowest BCUT2D eigenvalue weighted by atomic mass is 9.82. The maximum Gasteiger partial charge on any atom is 0.101 e. The normalized spacial score (nSPS) is 23.4. The Morgan fingerprint density at radius 3 is 3.00 bits per heavy atom. The van der Waals surface area contributed by atoms with Crippen molar-refractivity contribution in [2.75, 3.05) is 25.0 Å². The summed E-state index contributed by atoms with van der Waals surface area (Å²) >= 11 is 0. The zero-order valence-corrected chi connectivity index (χ0v) is 11.2. The number of nitrogens with zero attached hydrogens (tertiary/aromatic N) is 1. The van der Waals surface area contributed by atoms with Gasteiger partial charge in [0.05, 0.1) is 11.3 Å². The van der Waals surface area contributed by atoms with E-state index in [9.17, 15) is 0 Å². The lowest BCUT2D eigenvalue weighted by molar-refractivity contribution is 0.253. The Kier molecular flexibility index (Phi) is 3.88. The third-order valence-corrected chi connectivity index (χ3v) is 3.77. The van der Waals surface area contributed by atoms with Crippen LogP contribution in [0.15, 0.2) is 18.2 Å². The van der Waals surface area contributed by atoms with Crippen molar-refractivity contribution in [3.05, 3.63) is 29.3 Å². The molecule has 1 aliphatic rings. The third kappa shape index (κ3) is 2.83. The molecular weight excluding hydrogens is 222 g/mol. The second kappa shape index (κ2) is 5.41. The summed E-state index contributed by atoms with van der Waals surface area (Å²) in [6.07, 6.45) is 2.47. The van der Waals surface area contributed by atoms with Crippen LogP contribution in [-0.4, -0.2) is 19.6 Å². The van der Waals surface area contributed by atoms with E-state index < -0.39 is 0 Å². The van der Waals surface area contributed by atoms with E-state index in [1.165, 1.54) is 12.8 Å². The van der Waals surface area contributed by atoms with Gasteiger partial charge in [-0.25, -0.2) is 0 Å². The smallest absolute Gasteiger partial charge is 0.101 e. The molecule has 0 aromatic heterocycles. The van der Waals surface area contributed by atoms with Crippen LogP contribution in [-0.2, 0) is 0 Å². The van der Waals surface area contributed by atoms with E-state index in [4.69, 9.17) is 5.26 Å². The van der Waals surface area contributed by atoms with Crippen LogP contribution >= 0.6 is 0 Å². The minimum absolute atomic E-state index is 0.285. The number of hydrogen-bond donors (Lipinski definition) is 2. The summed E-state index contributed by atoms with van der Waals surface area (Å²) in [5.74, 6) is 0. The van der Waals surface area contributed by atoms with E-state index in [0.29, 0.717) is 0 Å². The first-order valence-electron chi connectivity index (χ1n) is 6.59. The molecule has 1 aromatic carbocycles. The highest BCUT2D eigenvalue weighted by Crippen LogP contribution is 2.27. The van der Waals surface area contributed by atoms with Crippen LogP contribution < -0.4 is 10.6 Å². The number of hydrogen-bond acceptors (Lipinski definition) is 3. The predicted octanol–water partition coefficient (Wildman–Crippen LogP) is 2.67. The second-order valence-corrected chi connectivity index (χ2v) is 5.55. The van der Waals surface area contributed by atoms with Crippen LogP contribution in [0.2, 0.25) is 0 Å². The van der Waals surface area contributed by atoms with Crippen molar-refractivity contribution < 1.29 is 0 Å². The highest BCUT2D eigenvalue weighted by atomic mass is 14.9. The van der Waals surface area contributed by atoms with E-state index in [2.05, 4.69) is 23.6 Å². The highest BCUT2D eigenvalue weighted by Gasteiger charge is 2.26. The van der Waals surface area contributed by atoms with E-state index in [-0.39, 0.29) is 5.41 Å². The van der Waals surface area contributed by atoms with Crippen LogP contribution in [0.1, 0.15) is 30.9 Å². The standard InChI is InChI=1S/C15H21N3/c1-12-5-3-6-13(9-16)14(12)18-11-15(2)7-4-8-17-10-15/h3,5-6,17-18H,4,7-8,10-11H2,1-2H3. The fraction of sp³-hybridized carbons (Fsp3) is 0.533. The molecule has 96 valence electrons. The van der Waals surface area contributed by atoms with Gasteiger partial charge >= 0.3 is 0 Å². The Labute approximate surface area is 109 Å². The number of anilines is 1. The van der Waals surface area contributed by atoms with Crippen molar-refractivity contribution in [1.82, 2.24) is 5.32 Å². The van der Waals surface area contributed by atoms with Gasteiger partial charge in [0.2, 0.25) is 0 Å². The Morgan fingerprint density at radius 1 is 1.50 bits per heavy atom. The van der Waals surface area contributed by atoms with Gasteiger partial charge < -0.3 is 10.6 Å². The monoisotopic (exact) mass is 243 g/mol. The fourth-order valence-corrected chi connectivity index (χ4v) is 2.57. The number of nitrogens with one attached hydrogen (secondary N) is 2. The van der Waals surface area contributed by atoms with Gasteiger partial charge in [-0.2, -0.15) is 5.26 Å². The van der Waals surface area contributed by atoms with Gasteiger partial charge in [-0.15, -0.1) is 0 Å². The Bertz CT molecular complexity index is 453. The molecule has 2 N–H and O–H groups in total. The first kappa shape index (κ1) is 12.9. The molecule has 3 nitrogen and oxygen atoms in total. The van der Waals surface area contributed by atoms with Crippen molar-refractivity contribution >= 4 is 5.69 Å². The van der Waals surface area contributed by atoms with Crippen molar-refractivity contribution in [3.63, 3.8) is 0 Å². The average molecular weight is 243 g/mol. The molecule has 2 rings (SSSR count). The Morgan fingerprint density at radius 2 is 2.33 bits per heavy atom. The zero-order valence-electron chi connectivity index (χ0n) is 11.2. The third-order valence-electron chi connectivity index (χ3n) is 3.77. The molecule has 1 heterocycles. The number of piperidine rings is 1. The fourth-order valence-electron chi connectivity index (χ4n) is 2.57. The molecular formula is C15H21N3. The number of benzene rings is 1. The average Bonchev–Trinajstić information content (AvgIpc) is 2.38. The van der Waals surface area contributed by atoms with Crippen LogP contribution in [0, 0.1) is 23.7 Å².